The summed E-state index contributed by atoms with van der Waals surface area (Å²) in [6, 6.07) is 52.7. The molecule has 9 rings (SSSR count). The molecule has 0 saturated heterocycles. The Hall–Kier alpha value is -5.48. The predicted molar refractivity (Wildman–Crippen MR) is 233 cm³/mol. The third-order valence-electron chi connectivity index (χ3n) is 11.7. The first-order valence-corrected chi connectivity index (χ1v) is 19.5. The smallest absolute Gasteiger partial charge is 0.255 e. The Balaban J connectivity index is 1.41. The van der Waals surface area contributed by atoms with Crippen molar-refractivity contribution < 1.29 is 0 Å². The Morgan fingerprint density at radius 3 is 1.52 bits per heavy atom. The fourth-order valence-corrected chi connectivity index (χ4v) is 8.74. The van der Waals surface area contributed by atoms with E-state index in [0.29, 0.717) is 0 Å². The van der Waals surface area contributed by atoms with Crippen LogP contribution >= 0.6 is 0 Å². The van der Waals surface area contributed by atoms with Crippen molar-refractivity contribution in [2.24, 2.45) is 0 Å². The largest absolute Gasteiger partial charge is 0.311 e. The van der Waals surface area contributed by atoms with Gasteiger partial charge in [0.25, 0.3) is 6.71 Å². The van der Waals surface area contributed by atoms with Gasteiger partial charge in [0, 0.05) is 34.1 Å². The monoisotopic (exact) mass is 703 g/mol. The zero-order valence-electron chi connectivity index (χ0n) is 33.2. The second-order valence-electron chi connectivity index (χ2n) is 18.4. The zero-order chi connectivity index (χ0) is 37.7. The number of para-hydroxylation sites is 2. The first-order chi connectivity index (χ1) is 25.7. The Bertz CT molecular complexity index is 2540. The van der Waals surface area contributed by atoms with Gasteiger partial charge in [-0.25, -0.2) is 0 Å². The highest BCUT2D eigenvalue weighted by molar-refractivity contribution is 7.01. The van der Waals surface area contributed by atoms with E-state index < -0.39 is 0 Å². The fourth-order valence-electron chi connectivity index (χ4n) is 8.74. The maximum Gasteiger partial charge on any atom is 0.255 e. The van der Waals surface area contributed by atoms with Crippen LogP contribution in [0.2, 0.25) is 0 Å². The third-order valence-corrected chi connectivity index (χ3v) is 11.7. The molecule has 4 heteroatoms. The number of hydrogen-bond acceptors (Lipinski definition) is 2. The summed E-state index contributed by atoms with van der Waals surface area (Å²) in [5.41, 5.74) is 16.6. The minimum Gasteiger partial charge on any atom is -0.311 e. The van der Waals surface area contributed by atoms with Crippen LogP contribution in [0.3, 0.4) is 0 Å². The second-order valence-corrected chi connectivity index (χ2v) is 18.4. The van der Waals surface area contributed by atoms with Gasteiger partial charge in [0.2, 0.25) is 0 Å². The van der Waals surface area contributed by atoms with E-state index in [4.69, 9.17) is 0 Å². The summed E-state index contributed by atoms with van der Waals surface area (Å²) in [7, 11) is 0. The molecule has 0 spiro atoms. The van der Waals surface area contributed by atoms with E-state index in [2.05, 4.69) is 216 Å². The Morgan fingerprint density at radius 1 is 0.407 bits per heavy atom. The maximum atomic E-state index is 2.55. The molecule has 2 aliphatic heterocycles. The maximum absolute atomic E-state index is 2.55. The van der Waals surface area contributed by atoms with Crippen LogP contribution in [0.15, 0.2) is 140 Å². The molecule has 6 aromatic carbocycles. The van der Waals surface area contributed by atoms with E-state index in [-0.39, 0.29) is 23.0 Å². The van der Waals surface area contributed by atoms with E-state index in [1.165, 1.54) is 72.5 Å². The number of aromatic nitrogens is 1. The van der Waals surface area contributed by atoms with Gasteiger partial charge in [-0.3, -0.25) is 9.47 Å². The number of hydrogen-bond donors (Lipinski definition) is 0. The van der Waals surface area contributed by atoms with Crippen molar-refractivity contribution in [1.82, 2.24) is 4.57 Å². The van der Waals surface area contributed by atoms with Crippen molar-refractivity contribution in [3.05, 3.63) is 156 Å². The van der Waals surface area contributed by atoms with E-state index >= 15 is 0 Å². The van der Waals surface area contributed by atoms with Gasteiger partial charge in [-0.2, -0.15) is 0 Å². The molecule has 268 valence electrons. The van der Waals surface area contributed by atoms with Gasteiger partial charge >= 0.3 is 0 Å². The first kappa shape index (κ1) is 34.3. The lowest BCUT2D eigenvalue weighted by molar-refractivity contribution is 0.590. The summed E-state index contributed by atoms with van der Waals surface area (Å²) in [5.74, 6) is 1.20. The van der Waals surface area contributed by atoms with Gasteiger partial charge in [0.1, 0.15) is 5.82 Å². The number of anilines is 6. The molecule has 3 heterocycles. The quantitative estimate of drug-likeness (QED) is 0.170. The predicted octanol–water partition coefficient (Wildman–Crippen LogP) is 11.6. The fraction of sp³-hybridized carbons (Fsp3) is 0.240. The number of fused-ring (bicyclic) bond motifs is 6. The van der Waals surface area contributed by atoms with Crippen LogP contribution in [0.1, 0.15) is 79.0 Å². The Morgan fingerprint density at radius 2 is 0.926 bits per heavy atom. The van der Waals surface area contributed by atoms with E-state index in [1.807, 2.05) is 0 Å². The minimum absolute atomic E-state index is 0.00954. The van der Waals surface area contributed by atoms with Crippen molar-refractivity contribution in [2.75, 3.05) is 9.80 Å². The molecule has 0 N–H and O–H groups in total. The molecule has 0 atom stereocenters. The topological polar surface area (TPSA) is 11.4 Å². The molecule has 0 amide bonds. The molecule has 0 radical (unpaired) electrons. The van der Waals surface area contributed by atoms with Crippen LogP contribution in [-0.2, 0) is 16.2 Å². The number of nitrogens with zero attached hydrogens (tertiary/aromatic N) is 3. The molecule has 54 heavy (non-hydrogen) atoms. The lowest BCUT2D eigenvalue weighted by Crippen LogP contribution is -2.61. The molecule has 3 nitrogen and oxygen atoms in total. The summed E-state index contributed by atoms with van der Waals surface area (Å²) in [4.78, 5) is 5.06. The van der Waals surface area contributed by atoms with Crippen LogP contribution in [0, 0.1) is 0 Å². The summed E-state index contributed by atoms with van der Waals surface area (Å²) in [5, 5.41) is 1.29. The van der Waals surface area contributed by atoms with Crippen LogP contribution in [0.5, 0.6) is 0 Å². The SMILES string of the molecule is CC(C)(C)c1ccc(N2c3ccc(C(C)(C)C)cc3B3c4c2cccc4N(c2ccc(C(C)(C)C)cc2)c2c3c3ccccc3n2-c2ccccc2)cc1. The van der Waals surface area contributed by atoms with E-state index in [1.54, 1.807) is 0 Å². The van der Waals surface area contributed by atoms with Gasteiger partial charge < -0.3 is 4.90 Å². The molecule has 0 fully saturated rings. The Kier molecular flexibility index (Phi) is 7.63. The molecule has 0 saturated carbocycles. The highest BCUT2D eigenvalue weighted by atomic mass is 15.3. The molecule has 1 aromatic heterocycles. The number of benzene rings is 6. The summed E-state index contributed by atoms with van der Waals surface area (Å²) in [6.45, 7) is 20.7. The van der Waals surface area contributed by atoms with Crippen molar-refractivity contribution in [3.8, 4) is 5.69 Å². The average Bonchev–Trinajstić information content (AvgIpc) is 3.49. The highest BCUT2D eigenvalue weighted by Crippen LogP contribution is 2.47. The Labute approximate surface area is 322 Å². The standard InChI is InChI=1S/C50H50BN3/c1-48(2,3)33-22-27-37(28-23-33)52-42-31-26-35(50(7,8)9)32-40(42)51-45-39-18-13-14-19-41(39)53(36-16-11-10-12-17-36)47(45)54(44-21-15-20-43(52)46(44)51)38-29-24-34(25-30-38)49(4,5)6/h10-32H,1-9H3. The van der Waals surface area contributed by atoms with Gasteiger partial charge in [-0.15, -0.1) is 0 Å². The summed E-state index contributed by atoms with van der Waals surface area (Å²) >= 11 is 0. The summed E-state index contributed by atoms with van der Waals surface area (Å²) in [6.07, 6.45) is 0. The highest BCUT2D eigenvalue weighted by Gasteiger charge is 2.46. The molecular weight excluding hydrogens is 653 g/mol. The molecule has 0 bridgehead atoms. The zero-order valence-corrected chi connectivity index (χ0v) is 33.2. The van der Waals surface area contributed by atoms with Gasteiger partial charge in [-0.05, 0) is 115 Å². The number of rotatable bonds is 3. The second kappa shape index (κ2) is 12.0. The minimum atomic E-state index is -0.00954. The normalized spacial score (nSPS) is 13.9. The molecule has 0 aliphatic carbocycles. The van der Waals surface area contributed by atoms with Crippen molar-refractivity contribution in [3.63, 3.8) is 0 Å². The average molecular weight is 704 g/mol. The van der Waals surface area contributed by atoms with Crippen LogP contribution in [0.25, 0.3) is 16.6 Å². The van der Waals surface area contributed by atoms with Crippen LogP contribution < -0.4 is 26.2 Å². The first-order valence-electron chi connectivity index (χ1n) is 19.5. The van der Waals surface area contributed by atoms with Crippen molar-refractivity contribution >= 4 is 68.3 Å². The molecule has 0 unspecified atom stereocenters. The lowest BCUT2D eigenvalue weighted by Gasteiger charge is -2.44. The van der Waals surface area contributed by atoms with E-state index in [0.717, 1.165) is 11.4 Å². The lowest BCUT2D eigenvalue weighted by atomic mass is 9.33. The van der Waals surface area contributed by atoms with Crippen LogP contribution in [-0.4, -0.2) is 11.3 Å². The van der Waals surface area contributed by atoms with Gasteiger partial charge in [0.05, 0.1) is 5.52 Å². The van der Waals surface area contributed by atoms with Gasteiger partial charge in [0.15, 0.2) is 0 Å². The van der Waals surface area contributed by atoms with Crippen LogP contribution in [0.4, 0.5) is 34.3 Å². The molecular formula is C50H50BN3. The van der Waals surface area contributed by atoms with Crippen molar-refractivity contribution in [1.29, 1.82) is 0 Å². The molecule has 2 aliphatic rings. The van der Waals surface area contributed by atoms with Crippen molar-refractivity contribution in [2.45, 2.75) is 78.6 Å². The third kappa shape index (κ3) is 5.33. The van der Waals surface area contributed by atoms with Gasteiger partial charge in [-0.1, -0.05) is 141 Å². The molecule has 7 aromatic rings. The van der Waals surface area contributed by atoms with E-state index in [9.17, 15) is 0 Å². The summed E-state index contributed by atoms with van der Waals surface area (Å²) < 4.78 is 2.50.